The van der Waals surface area contributed by atoms with Crippen molar-refractivity contribution in [3.63, 3.8) is 0 Å². The van der Waals surface area contributed by atoms with Gasteiger partial charge in [0, 0.05) is 0 Å². The fourth-order valence-corrected chi connectivity index (χ4v) is 10.4. The second-order valence-electron chi connectivity index (χ2n) is 6.71. The van der Waals surface area contributed by atoms with Crippen LogP contribution in [0, 0.1) is 11.8 Å². The number of carboxylic acid groups (broad SMARTS) is 2. The number of rotatable bonds is 8. The van der Waals surface area contributed by atoms with Gasteiger partial charge in [0.1, 0.15) is 9.75 Å². The van der Waals surface area contributed by atoms with Crippen molar-refractivity contribution >= 4 is 103 Å². The smallest absolute Gasteiger partial charge is 0.309 e. The summed E-state index contributed by atoms with van der Waals surface area (Å²) in [6.07, 6.45) is 5.84. The van der Waals surface area contributed by atoms with Crippen molar-refractivity contribution in [3.05, 3.63) is 10.1 Å². The molecule has 0 aromatic carbocycles. The molecule has 0 amide bonds. The van der Waals surface area contributed by atoms with Crippen LogP contribution in [-0.2, 0) is 9.59 Å². The Labute approximate surface area is 205 Å². The molecule has 1 saturated carbocycles. The van der Waals surface area contributed by atoms with Crippen molar-refractivity contribution in [2.45, 2.75) is 62.5 Å². The maximum absolute atomic E-state index is 11.3. The third-order valence-corrected chi connectivity index (χ3v) is 13.2. The van der Waals surface area contributed by atoms with Gasteiger partial charge in [0.2, 0.25) is 0 Å². The Bertz CT molecular complexity index is 593. The second kappa shape index (κ2) is 10.7. The van der Waals surface area contributed by atoms with Crippen LogP contribution in [0.3, 0.4) is 0 Å². The summed E-state index contributed by atoms with van der Waals surface area (Å²) in [7, 11) is 0. The van der Waals surface area contributed by atoms with Gasteiger partial charge in [-0.1, -0.05) is 46.4 Å². The van der Waals surface area contributed by atoms with Gasteiger partial charge in [0.05, 0.1) is 21.9 Å². The van der Waals surface area contributed by atoms with E-state index in [2.05, 4.69) is 13.8 Å². The first-order chi connectivity index (χ1) is 12.9. The quantitative estimate of drug-likeness (QED) is 0.188. The zero-order valence-electron chi connectivity index (χ0n) is 15.4. The normalized spacial score (nSPS) is 32.9. The number of aliphatic carboxylic acids is 2. The van der Waals surface area contributed by atoms with Crippen LogP contribution in [0.4, 0.5) is 0 Å². The average molecular weight is 622 g/mol. The van der Waals surface area contributed by atoms with Crippen LogP contribution in [0.5, 0.6) is 0 Å². The van der Waals surface area contributed by atoms with E-state index in [-0.39, 0.29) is 31.2 Å². The number of halogens is 6. The number of carboxylic acids is 2. The Morgan fingerprint density at radius 2 is 1.18 bits per heavy atom. The molecule has 160 valence electrons. The zero-order chi connectivity index (χ0) is 21.9. The van der Waals surface area contributed by atoms with E-state index in [1.165, 1.54) is 25.7 Å². The minimum Gasteiger partial charge on any atom is -0.481 e. The standard InChI is InChI=1S/C9H4Cl6O4.2C4H9.Sn/c10-3-4(11)8(13)2(6(18)19)1(5(16)17)7(3,12)9(8,14)15;2*1-3-4-2;/h1-2H,(H,16,17)(H,18,19);2*1,3-4H2,2H3;. The van der Waals surface area contributed by atoms with E-state index in [1.54, 1.807) is 8.87 Å². The van der Waals surface area contributed by atoms with E-state index in [1.807, 2.05) is 0 Å². The van der Waals surface area contributed by atoms with Crippen LogP contribution >= 0.6 is 69.6 Å². The van der Waals surface area contributed by atoms with Crippen molar-refractivity contribution in [1.29, 1.82) is 0 Å². The first-order valence-corrected chi connectivity index (χ1v) is 15.2. The Morgan fingerprint density at radius 3 is 1.43 bits per heavy atom. The largest absolute Gasteiger partial charge is 0.481 e. The minimum absolute atomic E-state index is 0.149. The van der Waals surface area contributed by atoms with Gasteiger partial charge in [-0.15, -0.1) is 23.2 Å². The molecule has 2 aliphatic carbocycles. The Balaban J connectivity index is 0.000000370. The molecule has 2 N–H and O–H groups in total. The van der Waals surface area contributed by atoms with E-state index in [0.29, 0.717) is 0 Å². The topological polar surface area (TPSA) is 74.6 Å². The molecule has 0 aromatic rings. The van der Waals surface area contributed by atoms with Gasteiger partial charge >= 0.3 is 81.5 Å². The molecule has 0 spiro atoms. The number of unbranched alkanes of at least 4 members (excludes halogenated alkanes) is 2. The van der Waals surface area contributed by atoms with Gasteiger partial charge in [-0.3, -0.25) is 9.59 Å². The molecule has 4 unspecified atom stereocenters. The average Bonchev–Trinajstić information content (AvgIpc) is 2.82. The molecule has 2 bridgehead atoms. The van der Waals surface area contributed by atoms with Gasteiger partial charge in [-0.05, 0) is 0 Å². The maximum atomic E-state index is 11.3. The van der Waals surface area contributed by atoms with Crippen LogP contribution in [0.1, 0.15) is 39.5 Å². The van der Waals surface area contributed by atoms with E-state index >= 15 is 0 Å². The van der Waals surface area contributed by atoms with E-state index in [9.17, 15) is 19.8 Å². The Kier molecular flexibility index (Phi) is 10.4. The monoisotopic (exact) mass is 620 g/mol. The molecular weight excluding hydrogens is 600 g/mol. The number of hydrogen-bond donors (Lipinski definition) is 2. The molecule has 1 fully saturated rings. The molecule has 4 nitrogen and oxygen atoms in total. The van der Waals surface area contributed by atoms with Crippen LogP contribution in [0.2, 0.25) is 8.87 Å². The van der Waals surface area contributed by atoms with Gasteiger partial charge < -0.3 is 10.2 Å². The number of fused-ring (bicyclic) bond motifs is 2. The van der Waals surface area contributed by atoms with E-state index in [4.69, 9.17) is 69.6 Å². The molecule has 0 aromatic heterocycles. The van der Waals surface area contributed by atoms with Crippen LogP contribution in [0.15, 0.2) is 10.1 Å². The van der Waals surface area contributed by atoms with Crippen molar-refractivity contribution in [2.75, 3.05) is 0 Å². The Hall–Kier alpha value is 1.22. The minimum atomic E-state index is -2.18. The molecule has 0 saturated heterocycles. The maximum Gasteiger partial charge on any atom is 0.309 e. The molecule has 2 aliphatic rings. The molecule has 28 heavy (non-hydrogen) atoms. The predicted molar refractivity (Wildman–Crippen MR) is 118 cm³/mol. The molecule has 0 heterocycles. The summed E-state index contributed by atoms with van der Waals surface area (Å²) in [5.41, 5.74) is 0. The van der Waals surface area contributed by atoms with Crippen molar-refractivity contribution < 1.29 is 19.8 Å². The van der Waals surface area contributed by atoms with E-state index < -0.39 is 37.9 Å². The van der Waals surface area contributed by atoms with Crippen molar-refractivity contribution in [2.24, 2.45) is 11.8 Å². The molecule has 4 atom stereocenters. The fourth-order valence-electron chi connectivity index (χ4n) is 3.34. The number of alkyl halides is 4. The number of hydrogen-bond acceptors (Lipinski definition) is 2. The van der Waals surface area contributed by atoms with Crippen molar-refractivity contribution in [1.82, 2.24) is 0 Å². The first-order valence-electron chi connectivity index (χ1n) is 8.85. The van der Waals surface area contributed by atoms with Gasteiger partial charge in [-0.2, -0.15) is 0 Å². The summed E-state index contributed by atoms with van der Waals surface area (Å²) in [5.74, 6) is -6.49. The van der Waals surface area contributed by atoms with E-state index in [0.717, 1.165) is 0 Å². The molecule has 0 aliphatic heterocycles. The third-order valence-electron chi connectivity index (χ3n) is 4.88. The second-order valence-corrected chi connectivity index (χ2v) is 14.3. The summed E-state index contributed by atoms with van der Waals surface area (Å²) in [5, 5.41) is 17.8. The number of allylic oxidation sites excluding steroid dienone is 2. The summed E-state index contributed by atoms with van der Waals surface area (Å²) in [4.78, 5) is 18.5. The third kappa shape index (κ3) is 4.40. The number of carbonyl (C=O) groups is 2. The predicted octanol–water partition coefficient (Wildman–Crippen LogP) is 6.36. The molecule has 2 radical (unpaired) electrons. The summed E-state index contributed by atoms with van der Waals surface area (Å²) in [6.45, 7) is 4.58. The van der Waals surface area contributed by atoms with Gasteiger partial charge in [-0.25, -0.2) is 0 Å². The SMILES string of the molecule is CCC[CH2][Sn][CH2]CCC.O=C(O)C1C(C(=O)O)C2(Cl)C(Cl)=C(Cl)C1(Cl)C2(Cl)Cl. The van der Waals surface area contributed by atoms with Crippen LogP contribution < -0.4 is 0 Å². The van der Waals surface area contributed by atoms with Gasteiger partial charge in [0.15, 0.2) is 4.33 Å². The van der Waals surface area contributed by atoms with Crippen LogP contribution in [0.25, 0.3) is 0 Å². The van der Waals surface area contributed by atoms with Gasteiger partial charge in [0.25, 0.3) is 0 Å². The summed E-state index contributed by atoms with van der Waals surface area (Å²) >= 11 is 36.3. The van der Waals surface area contributed by atoms with Crippen molar-refractivity contribution in [3.8, 4) is 0 Å². The summed E-state index contributed by atoms with van der Waals surface area (Å²) in [6, 6.07) is 0. The van der Waals surface area contributed by atoms with Crippen LogP contribution in [-0.4, -0.2) is 57.4 Å². The molecular formula is C17H22Cl6O4Sn. The zero-order valence-corrected chi connectivity index (χ0v) is 22.8. The fraction of sp³-hybridized carbons (Fsp3) is 0.765. The summed E-state index contributed by atoms with van der Waals surface area (Å²) < 4.78 is 1.07. The molecule has 2 rings (SSSR count). The Morgan fingerprint density at radius 1 is 0.857 bits per heavy atom. The molecule has 11 heteroatoms. The first kappa shape index (κ1) is 27.3.